The van der Waals surface area contributed by atoms with Gasteiger partial charge in [0.2, 0.25) is 0 Å². The number of rotatable bonds is 2. The fourth-order valence-electron chi connectivity index (χ4n) is 1.92. The van der Waals surface area contributed by atoms with Crippen molar-refractivity contribution in [3.8, 4) is 5.75 Å². The SMILES string of the molecule is Cc1ccc2c(Nc3ccc(N)c(O)c3)ncnn12. The lowest BCUT2D eigenvalue weighted by Crippen LogP contribution is -2.01. The summed E-state index contributed by atoms with van der Waals surface area (Å²) < 4.78 is 1.80. The molecule has 2 aromatic heterocycles. The van der Waals surface area contributed by atoms with Crippen molar-refractivity contribution in [3.05, 3.63) is 42.4 Å². The zero-order valence-electron chi connectivity index (χ0n) is 10.3. The number of aryl methyl sites for hydroxylation is 1. The molecule has 0 unspecified atom stereocenters. The van der Waals surface area contributed by atoms with E-state index in [1.807, 2.05) is 19.1 Å². The number of phenols is 1. The summed E-state index contributed by atoms with van der Waals surface area (Å²) in [5.41, 5.74) is 8.53. The number of fused-ring (bicyclic) bond motifs is 1. The lowest BCUT2D eigenvalue weighted by atomic mass is 10.2. The Morgan fingerprint density at radius 1 is 1.26 bits per heavy atom. The highest BCUT2D eigenvalue weighted by Gasteiger charge is 2.07. The Morgan fingerprint density at radius 2 is 2.11 bits per heavy atom. The van der Waals surface area contributed by atoms with Crippen molar-refractivity contribution in [2.24, 2.45) is 0 Å². The van der Waals surface area contributed by atoms with Crippen LogP contribution in [0, 0.1) is 6.92 Å². The minimum atomic E-state index is 0.0432. The second kappa shape index (κ2) is 4.16. The number of nitrogens with two attached hydrogens (primary N) is 1. The number of nitrogens with one attached hydrogen (secondary N) is 1. The van der Waals surface area contributed by atoms with Crippen LogP contribution < -0.4 is 11.1 Å². The van der Waals surface area contributed by atoms with Crippen molar-refractivity contribution < 1.29 is 5.11 Å². The third-order valence-electron chi connectivity index (χ3n) is 2.93. The number of hydrogen-bond acceptors (Lipinski definition) is 5. The normalized spacial score (nSPS) is 10.8. The van der Waals surface area contributed by atoms with Gasteiger partial charge in [0.1, 0.15) is 17.6 Å². The van der Waals surface area contributed by atoms with Crippen molar-refractivity contribution in [1.82, 2.24) is 14.6 Å². The van der Waals surface area contributed by atoms with Crippen molar-refractivity contribution in [2.45, 2.75) is 6.92 Å². The predicted molar refractivity (Wildman–Crippen MR) is 73.5 cm³/mol. The molecule has 0 saturated carbocycles. The van der Waals surface area contributed by atoms with Gasteiger partial charge in [0.25, 0.3) is 0 Å². The Bertz CT molecular complexity index is 750. The summed E-state index contributed by atoms with van der Waals surface area (Å²) in [5, 5.41) is 16.9. The highest BCUT2D eigenvalue weighted by molar-refractivity contribution is 5.75. The van der Waals surface area contributed by atoms with E-state index in [9.17, 15) is 5.11 Å². The second-order valence-electron chi connectivity index (χ2n) is 4.28. The molecule has 0 aliphatic heterocycles. The monoisotopic (exact) mass is 255 g/mol. The van der Waals surface area contributed by atoms with E-state index in [4.69, 9.17) is 5.73 Å². The Labute approximate surface area is 109 Å². The van der Waals surface area contributed by atoms with E-state index >= 15 is 0 Å². The molecule has 2 heterocycles. The molecule has 1 aromatic carbocycles. The number of aromatic hydroxyl groups is 1. The van der Waals surface area contributed by atoms with Gasteiger partial charge in [0, 0.05) is 17.4 Å². The standard InChI is InChI=1S/C13H13N5O/c1-8-2-5-11-13(15-7-16-18(8)11)17-9-3-4-10(14)12(19)6-9/h2-7,19H,14H2,1H3,(H,15,16,17). The molecular formula is C13H13N5O. The Kier molecular flexibility index (Phi) is 2.49. The lowest BCUT2D eigenvalue weighted by molar-refractivity contribution is 0.478. The Hall–Kier alpha value is -2.76. The molecule has 96 valence electrons. The molecule has 0 bridgehead atoms. The Balaban J connectivity index is 2.03. The molecule has 0 aliphatic carbocycles. The second-order valence-corrected chi connectivity index (χ2v) is 4.28. The first-order chi connectivity index (χ1) is 9.15. The van der Waals surface area contributed by atoms with Crippen LogP contribution in [-0.2, 0) is 0 Å². The summed E-state index contributed by atoms with van der Waals surface area (Å²) in [6.07, 6.45) is 1.49. The van der Waals surface area contributed by atoms with Gasteiger partial charge in [-0.2, -0.15) is 5.10 Å². The maximum atomic E-state index is 9.59. The summed E-state index contributed by atoms with van der Waals surface area (Å²) in [6.45, 7) is 1.97. The van der Waals surface area contributed by atoms with Gasteiger partial charge >= 0.3 is 0 Å². The van der Waals surface area contributed by atoms with Gasteiger partial charge in [0.15, 0.2) is 5.82 Å². The van der Waals surface area contributed by atoms with E-state index in [1.54, 1.807) is 22.7 Å². The average molecular weight is 255 g/mol. The molecule has 0 fully saturated rings. The average Bonchev–Trinajstić information content (AvgIpc) is 2.77. The summed E-state index contributed by atoms with van der Waals surface area (Å²) in [7, 11) is 0. The molecule has 19 heavy (non-hydrogen) atoms. The predicted octanol–water partition coefficient (Wildman–Crippen LogP) is 2.07. The van der Waals surface area contributed by atoms with Gasteiger partial charge in [-0.3, -0.25) is 0 Å². The highest BCUT2D eigenvalue weighted by Crippen LogP contribution is 2.27. The van der Waals surface area contributed by atoms with Crippen LogP contribution in [-0.4, -0.2) is 19.7 Å². The Morgan fingerprint density at radius 3 is 2.89 bits per heavy atom. The third-order valence-corrected chi connectivity index (χ3v) is 2.93. The number of anilines is 3. The number of benzene rings is 1. The number of nitrogen functional groups attached to an aromatic ring is 1. The maximum Gasteiger partial charge on any atom is 0.158 e. The molecule has 0 amide bonds. The first-order valence-electron chi connectivity index (χ1n) is 5.80. The van der Waals surface area contributed by atoms with Crippen LogP contribution in [0.2, 0.25) is 0 Å². The van der Waals surface area contributed by atoms with Gasteiger partial charge in [-0.1, -0.05) is 0 Å². The minimum Gasteiger partial charge on any atom is -0.506 e. The van der Waals surface area contributed by atoms with Crippen LogP contribution in [0.25, 0.3) is 5.52 Å². The molecular weight excluding hydrogens is 242 g/mol. The molecule has 3 aromatic rings. The minimum absolute atomic E-state index is 0.0432. The number of hydrogen-bond donors (Lipinski definition) is 3. The van der Waals surface area contributed by atoms with Gasteiger partial charge < -0.3 is 16.2 Å². The van der Waals surface area contributed by atoms with E-state index in [0.29, 0.717) is 17.2 Å². The molecule has 6 heteroatoms. The fraction of sp³-hybridized carbons (Fsp3) is 0.0769. The highest BCUT2D eigenvalue weighted by atomic mass is 16.3. The summed E-state index contributed by atoms with van der Waals surface area (Å²) in [4.78, 5) is 4.21. The van der Waals surface area contributed by atoms with Gasteiger partial charge in [-0.25, -0.2) is 9.50 Å². The fourth-order valence-corrected chi connectivity index (χ4v) is 1.92. The van der Waals surface area contributed by atoms with Gasteiger partial charge in [0.05, 0.1) is 5.69 Å². The lowest BCUT2D eigenvalue weighted by Gasteiger charge is -2.08. The molecule has 4 N–H and O–H groups in total. The zero-order valence-corrected chi connectivity index (χ0v) is 10.3. The maximum absolute atomic E-state index is 9.59. The smallest absolute Gasteiger partial charge is 0.158 e. The quantitative estimate of drug-likeness (QED) is 0.482. The molecule has 0 spiro atoms. The van der Waals surface area contributed by atoms with E-state index in [2.05, 4.69) is 15.4 Å². The van der Waals surface area contributed by atoms with Crippen LogP contribution in [0.3, 0.4) is 0 Å². The third kappa shape index (κ3) is 1.93. The van der Waals surface area contributed by atoms with Crippen molar-refractivity contribution in [2.75, 3.05) is 11.1 Å². The first-order valence-corrected chi connectivity index (χ1v) is 5.80. The zero-order chi connectivity index (χ0) is 13.4. The van der Waals surface area contributed by atoms with Crippen LogP contribution in [0.5, 0.6) is 5.75 Å². The van der Waals surface area contributed by atoms with E-state index in [-0.39, 0.29) is 5.75 Å². The first kappa shape index (κ1) is 11.3. The van der Waals surface area contributed by atoms with Gasteiger partial charge in [-0.15, -0.1) is 0 Å². The van der Waals surface area contributed by atoms with E-state index < -0.39 is 0 Å². The number of phenolic OH excluding ortho intramolecular Hbond substituents is 1. The molecule has 6 nitrogen and oxygen atoms in total. The van der Waals surface area contributed by atoms with Crippen LogP contribution in [0.1, 0.15) is 5.69 Å². The van der Waals surface area contributed by atoms with E-state index in [0.717, 1.165) is 11.2 Å². The molecule has 0 radical (unpaired) electrons. The topological polar surface area (TPSA) is 88.5 Å². The van der Waals surface area contributed by atoms with Gasteiger partial charge in [-0.05, 0) is 31.2 Å². The summed E-state index contributed by atoms with van der Waals surface area (Å²) in [5.74, 6) is 0.717. The molecule has 3 rings (SSSR count). The number of aromatic nitrogens is 3. The van der Waals surface area contributed by atoms with Crippen molar-refractivity contribution >= 4 is 22.7 Å². The largest absolute Gasteiger partial charge is 0.506 e. The van der Waals surface area contributed by atoms with Crippen LogP contribution in [0.4, 0.5) is 17.2 Å². The van der Waals surface area contributed by atoms with Crippen LogP contribution >= 0.6 is 0 Å². The summed E-state index contributed by atoms with van der Waals surface area (Å²) >= 11 is 0. The summed E-state index contributed by atoms with van der Waals surface area (Å²) in [6, 6.07) is 8.89. The van der Waals surface area contributed by atoms with Crippen molar-refractivity contribution in [3.63, 3.8) is 0 Å². The van der Waals surface area contributed by atoms with E-state index in [1.165, 1.54) is 6.33 Å². The number of nitrogens with zero attached hydrogens (tertiary/aromatic N) is 3. The van der Waals surface area contributed by atoms with Crippen molar-refractivity contribution in [1.29, 1.82) is 0 Å². The molecule has 0 atom stereocenters. The van der Waals surface area contributed by atoms with Crippen LogP contribution in [0.15, 0.2) is 36.7 Å². The molecule has 0 saturated heterocycles. The molecule has 0 aliphatic rings.